The molecule has 3 amide bonds. The van der Waals surface area contributed by atoms with Gasteiger partial charge in [-0.05, 0) is 12.1 Å². The van der Waals surface area contributed by atoms with Crippen LogP contribution >= 0.6 is 0 Å². The van der Waals surface area contributed by atoms with E-state index in [0.29, 0.717) is 17.9 Å². The molecular formula is C12H15N5O2. The van der Waals surface area contributed by atoms with Crippen LogP contribution in [0.5, 0.6) is 0 Å². The molecule has 0 aliphatic rings. The summed E-state index contributed by atoms with van der Waals surface area (Å²) in [7, 11) is 0. The standard InChI is InChI=1S/C12H15N5O2/c13-8-3-1-2-7-6-9(17-10(7)8)11(18)15-4-5-16-12(14)19/h1-3,6,17H,4-5,13H2,(H,15,18)(H3,14,16,19). The minimum Gasteiger partial charge on any atom is -0.397 e. The highest BCUT2D eigenvalue weighted by Crippen LogP contribution is 2.20. The number of para-hydroxylation sites is 1. The van der Waals surface area contributed by atoms with Crippen molar-refractivity contribution in [3.05, 3.63) is 30.0 Å². The third kappa shape index (κ3) is 2.95. The fraction of sp³-hybridized carbons (Fsp3) is 0.167. The number of hydrogen-bond acceptors (Lipinski definition) is 3. The molecule has 0 spiro atoms. The van der Waals surface area contributed by atoms with E-state index >= 15 is 0 Å². The first kappa shape index (κ1) is 12.7. The first-order valence-electron chi connectivity index (χ1n) is 5.76. The molecule has 7 N–H and O–H groups in total. The molecule has 0 bridgehead atoms. The zero-order valence-electron chi connectivity index (χ0n) is 10.2. The van der Waals surface area contributed by atoms with E-state index in [1.165, 1.54) is 0 Å². The average molecular weight is 261 g/mol. The predicted octanol–water partition coefficient (Wildman–Crippen LogP) is 0.148. The largest absolute Gasteiger partial charge is 0.397 e. The van der Waals surface area contributed by atoms with Gasteiger partial charge in [-0.3, -0.25) is 4.79 Å². The maximum Gasteiger partial charge on any atom is 0.312 e. The first-order valence-corrected chi connectivity index (χ1v) is 5.76. The fourth-order valence-corrected chi connectivity index (χ4v) is 1.76. The molecule has 0 unspecified atom stereocenters. The Bertz CT molecular complexity index is 620. The van der Waals surface area contributed by atoms with Crippen LogP contribution in [-0.2, 0) is 0 Å². The van der Waals surface area contributed by atoms with E-state index in [1.807, 2.05) is 12.1 Å². The number of primary amides is 1. The zero-order chi connectivity index (χ0) is 13.8. The SMILES string of the molecule is NC(=O)NCCNC(=O)c1cc2cccc(N)c2[nH]1. The van der Waals surface area contributed by atoms with Gasteiger partial charge in [0.05, 0.1) is 11.2 Å². The molecule has 1 aromatic heterocycles. The second-order valence-electron chi connectivity index (χ2n) is 4.04. The number of aromatic amines is 1. The van der Waals surface area contributed by atoms with Crippen molar-refractivity contribution in [1.29, 1.82) is 0 Å². The number of carbonyl (C=O) groups excluding carboxylic acids is 2. The number of amides is 3. The summed E-state index contributed by atoms with van der Waals surface area (Å²) in [6.45, 7) is 0.579. The summed E-state index contributed by atoms with van der Waals surface area (Å²) in [5.74, 6) is -0.262. The second-order valence-corrected chi connectivity index (χ2v) is 4.04. The van der Waals surface area contributed by atoms with Gasteiger partial charge in [0.1, 0.15) is 5.69 Å². The van der Waals surface area contributed by atoms with E-state index < -0.39 is 6.03 Å². The van der Waals surface area contributed by atoms with E-state index in [-0.39, 0.29) is 12.5 Å². The lowest BCUT2D eigenvalue weighted by Crippen LogP contribution is -2.37. The van der Waals surface area contributed by atoms with Crippen molar-refractivity contribution in [3.8, 4) is 0 Å². The Labute approximate surface area is 109 Å². The Balaban J connectivity index is 2.01. The van der Waals surface area contributed by atoms with Gasteiger partial charge >= 0.3 is 6.03 Å². The predicted molar refractivity (Wildman–Crippen MR) is 72.6 cm³/mol. The molecule has 0 aliphatic carbocycles. The first-order chi connectivity index (χ1) is 9.08. The summed E-state index contributed by atoms with van der Waals surface area (Å²) in [5.41, 5.74) is 12.5. The van der Waals surface area contributed by atoms with E-state index in [2.05, 4.69) is 15.6 Å². The molecule has 0 saturated heterocycles. The lowest BCUT2D eigenvalue weighted by Gasteiger charge is -2.03. The molecule has 0 atom stereocenters. The monoisotopic (exact) mass is 261 g/mol. The van der Waals surface area contributed by atoms with E-state index in [1.54, 1.807) is 12.1 Å². The lowest BCUT2D eigenvalue weighted by molar-refractivity contribution is 0.0950. The van der Waals surface area contributed by atoms with Gasteiger partial charge in [0.2, 0.25) is 0 Å². The van der Waals surface area contributed by atoms with Gasteiger partial charge in [0, 0.05) is 18.5 Å². The summed E-state index contributed by atoms with van der Waals surface area (Å²) >= 11 is 0. The van der Waals surface area contributed by atoms with Gasteiger partial charge in [0.25, 0.3) is 5.91 Å². The smallest absolute Gasteiger partial charge is 0.312 e. The van der Waals surface area contributed by atoms with Crippen LogP contribution in [-0.4, -0.2) is 30.0 Å². The minimum atomic E-state index is -0.618. The number of urea groups is 1. The van der Waals surface area contributed by atoms with Crippen LogP contribution in [0.2, 0.25) is 0 Å². The molecule has 19 heavy (non-hydrogen) atoms. The van der Waals surface area contributed by atoms with Crippen LogP contribution < -0.4 is 22.1 Å². The molecule has 0 fully saturated rings. The van der Waals surface area contributed by atoms with E-state index in [0.717, 1.165) is 10.9 Å². The fourth-order valence-electron chi connectivity index (χ4n) is 1.76. The Hall–Kier alpha value is -2.70. The quantitative estimate of drug-likeness (QED) is 0.397. The number of nitrogens with two attached hydrogens (primary N) is 2. The van der Waals surface area contributed by atoms with Crippen LogP contribution in [0.25, 0.3) is 10.9 Å². The van der Waals surface area contributed by atoms with Gasteiger partial charge in [0.15, 0.2) is 0 Å². The van der Waals surface area contributed by atoms with Crippen LogP contribution in [0, 0.1) is 0 Å². The Morgan fingerprint density at radius 1 is 1.21 bits per heavy atom. The number of anilines is 1. The highest BCUT2D eigenvalue weighted by Gasteiger charge is 2.09. The van der Waals surface area contributed by atoms with Crippen LogP contribution in [0.15, 0.2) is 24.3 Å². The second kappa shape index (κ2) is 5.30. The lowest BCUT2D eigenvalue weighted by atomic mass is 10.2. The van der Waals surface area contributed by atoms with Crippen molar-refractivity contribution in [2.75, 3.05) is 18.8 Å². The molecule has 1 aromatic carbocycles. The van der Waals surface area contributed by atoms with E-state index in [9.17, 15) is 9.59 Å². The van der Waals surface area contributed by atoms with Crippen LogP contribution in [0.4, 0.5) is 10.5 Å². The third-order valence-electron chi connectivity index (χ3n) is 2.64. The van der Waals surface area contributed by atoms with E-state index in [4.69, 9.17) is 11.5 Å². The van der Waals surface area contributed by atoms with Crippen molar-refractivity contribution in [2.24, 2.45) is 5.73 Å². The number of fused-ring (bicyclic) bond motifs is 1. The van der Waals surface area contributed by atoms with Crippen molar-refractivity contribution < 1.29 is 9.59 Å². The molecular weight excluding hydrogens is 246 g/mol. The normalized spacial score (nSPS) is 10.3. The maximum absolute atomic E-state index is 11.8. The third-order valence-corrected chi connectivity index (χ3v) is 2.64. The minimum absolute atomic E-state index is 0.262. The average Bonchev–Trinajstić information content (AvgIpc) is 2.79. The van der Waals surface area contributed by atoms with Crippen LogP contribution in [0.1, 0.15) is 10.5 Å². The maximum atomic E-state index is 11.8. The van der Waals surface area contributed by atoms with Gasteiger partial charge in [-0.25, -0.2) is 4.79 Å². The number of rotatable bonds is 4. The van der Waals surface area contributed by atoms with Gasteiger partial charge in [-0.1, -0.05) is 12.1 Å². The molecule has 0 aliphatic heterocycles. The topological polar surface area (TPSA) is 126 Å². The molecule has 7 nitrogen and oxygen atoms in total. The van der Waals surface area contributed by atoms with Crippen molar-refractivity contribution >= 4 is 28.5 Å². The van der Waals surface area contributed by atoms with Crippen molar-refractivity contribution in [3.63, 3.8) is 0 Å². The van der Waals surface area contributed by atoms with Crippen molar-refractivity contribution in [2.45, 2.75) is 0 Å². The summed E-state index contributed by atoms with van der Waals surface area (Å²) in [6.07, 6.45) is 0. The molecule has 0 saturated carbocycles. The number of hydrogen-bond donors (Lipinski definition) is 5. The Morgan fingerprint density at radius 3 is 2.63 bits per heavy atom. The number of benzene rings is 1. The molecule has 1 heterocycles. The Kier molecular flexibility index (Phi) is 3.56. The summed E-state index contributed by atoms with van der Waals surface area (Å²) in [6, 6.07) is 6.56. The number of aromatic nitrogens is 1. The summed E-state index contributed by atoms with van der Waals surface area (Å²) in [5, 5.41) is 5.91. The van der Waals surface area contributed by atoms with Gasteiger partial charge < -0.3 is 27.1 Å². The van der Waals surface area contributed by atoms with Crippen LogP contribution in [0.3, 0.4) is 0 Å². The summed E-state index contributed by atoms with van der Waals surface area (Å²) < 4.78 is 0. The highest BCUT2D eigenvalue weighted by molar-refractivity contribution is 6.00. The van der Waals surface area contributed by atoms with Gasteiger partial charge in [-0.2, -0.15) is 0 Å². The molecule has 0 radical (unpaired) electrons. The summed E-state index contributed by atoms with van der Waals surface area (Å²) in [4.78, 5) is 25.3. The van der Waals surface area contributed by atoms with Crippen molar-refractivity contribution in [1.82, 2.24) is 15.6 Å². The number of H-pyrrole nitrogens is 1. The molecule has 2 rings (SSSR count). The highest BCUT2D eigenvalue weighted by atomic mass is 16.2. The molecule has 2 aromatic rings. The Morgan fingerprint density at radius 2 is 1.95 bits per heavy atom. The number of nitrogen functional groups attached to an aromatic ring is 1. The molecule has 100 valence electrons. The zero-order valence-corrected chi connectivity index (χ0v) is 10.2. The number of nitrogens with one attached hydrogen (secondary N) is 3. The molecule has 7 heteroatoms. The number of carbonyl (C=O) groups is 2. The van der Waals surface area contributed by atoms with Gasteiger partial charge in [-0.15, -0.1) is 0 Å².